The molecule has 10 heteroatoms. The van der Waals surface area contributed by atoms with Gasteiger partial charge in [-0.15, -0.1) is 5.10 Å². The van der Waals surface area contributed by atoms with Gasteiger partial charge in [0.15, 0.2) is 12.4 Å². The highest BCUT2D eigenvalue weighted by molar-refractivity contribution is 6.31. The molecular weight excluding hydrogens is 435 g/mol. The van der Waals surface area contributed by atoms with Crippen molar-refractivity contribution in [3.8, 4) is 5.75 Å². The van der Waals surface area contributed by atoms with Gasteiger partial charge >= 0.3 is 0 Å². The molecule has 2 aromatic carbocycles. The van der Waals surface area contributed by atoms with Crippen molar-refractivity contribution in [1.82, 2.24) is 24.5 Å². The van der Waals surface area contributed by atoms with Crippen molar-refractivity contribution in [2.45, 2.75) is 27.1 Å². The van der Waals surface area contributed by atoms with E-state index in [1.807, 2.05) is 32.0 Å². The van der Waals surface area contributed by atoms with Gasteiger partial charge in [0.05, 0.1) is 6.54 Å². The first-order valence-electron chi connectivity index (χ1n) is 9.76. The Morgan fingerprint density at radius 3 is 2.81 bits per heavy atom. The van der Waals surface area contributed by atoms with Gasteiger partial charge in [-0.3, -0.25) is 10.1 Å². The molecule has 1 amide bonds. The van der Waals surface area contributed by atoms with Crippen LogP contribution in [0, 0.1) is 19.7 Å². The molecule has 0 spiro atoms. The number of rotatable bonds is 7. The van der Waals surface area contributed by atoms with E-state index in [9.17, 15) is 9.18 Å². The van der Waals surface area contributed by atoms with E-state index >= 15 is 0 Å². The molecule has 2 heterocycles. The number of halogens is 2. The number of carbonyl (C=O) groups excluding carboxylic acids is 1. The van der Waals surface area contributed by atoms with Crippen LogP contribution in [0.5, 0.6) is 5.75 Å². The highest BCUT2D eigenvalue weighted by Gasteiger charge is 2.14. The Bertz CT molecular complexity index is 1250. The van der Waals surface area contributed by atoms with Crippen molar-refractivity contribution >= 4 is 23.5 Å². The molecule has 0 bridgehead atoms. The van der Waals surface area contributed by atoms with Crippen LogP contribution in [-0.4, -0.2) is 30.5 Å². The average molecular weight is 455 g/mol. The predicted octanol–water partition coefficient (Wildman–Crippen LogP) is 4.22. The minimum absolute atomic E-state index is 0.0728. The first kappa shape index (κ1) is 21.5. The monoisotopic (exact) mass is 454 g/mol. The molecule has 4 aromatic rings. The Morgan fingerprint density at radius 2 is 2.00 bits per heavy atom. The topological polar surface area (TPSA) is 86.9 Å². The second kappa shape index (κ2) is 9.19. The number of benzene rings is 2. The fraction of sp³-hybridized carbons (Fsp3) is 0.182. The Balaban J connectivity index is 1.37. The summed E-state index contributed by atoms with van der Waals surface area (Å²) in [6, 6.07) is 12.0. The summed E-state index contributed by atoms with van der Waals surface area (Å²) in [6.07, 6.45) is 3.03. The van der Waals surface area contributed by atoms with Gasteiger partial charge in [0, 0.05) is 16.8 Å². The molecule has 0 atom stereocenters. The molecule has 0 saturated carbocycles. The van der Waals surface area contributed by atoms with Crippen LogP contribution in [0.25, 0.3) is 0 Å². The Kier molecular flexibility index (Phi) is 6.18. The summed E-state index contributed by atoms with van der Waals surface area (Å²) >= 11 is 6.04. The molecule has 0 unspecified atom stereocenters. The molecule has 0 aliphatic heterocycles. The van der Waals surface area contributed by atoms with Crippen molar-refractivity contribution in [2.24, 2.45) is 0 Å². The van der Waals surface area contributed by atoms with Gasteiger partial charge in [0.25, 0.3) is 5.91 Å². The fourth-order valence-corrected chi connectivity index (χ4v) is 3.22. The van der Waals surface area contributed by atoms with E-state index in [1.54, 1.807) is 18.3 Å². The molecule has 0 radical (unpaired) electrons. The summed E-state index contributed by atoms with van der Waals surface area (Å²) in [6.45, 7) is 4.19. The Morgan fingerprint density at radius 1 is 1.16 bits per heavy atom. The van der Waals surface area contributed by atoms with Gasteiger partial charge in [-0.05, 0) is 49.2 Å². The molecule has 4 rings (SSSR count). The van der Waals surface area contributed by atoms with Gasteiger partial charge in [0.1, 0.15) is 17.9 Å². The maximum absolute atomic E-state index is 14.0. The van der Waals surface area contributed by atoms with Gasteiger partial charge in [0.2, 0.25) is 5.95 Å². The van der Waals surface area contributed by atoms with Crippen LogP contribution in [0.2, 0.25) is 5.02 Å². The quantitative estimate of drug-likeness (QED) is 0.451. The number of hydrogen-bond acceptors (Lipinski definition) is 5. The molecule has 0 fully saturated rings. The van der Waals surface area contributed by atoms with Crippen LogP contribution in [0.15, 0.2) is 55.0 Å². The molecule has 0 aliphatic carbocycles. The fourth-order valence-electron chi connectivity index (χ4n) is 2.99. The second-order valence-electron chi connectivity index (χ2n) is 7.20. The number of anilines is 1. The number of aromatic nitrogens is 5. The first-order valence-corrected chi connectivity index (χ1v) is 10.1. The minimum atomic E-state index is -0.475. The number of nitrogens with one attached hydrogen (secondary N) is 1. The maximum atomic E-state index is 14.0. The summed E-state index contributed by atoms with van der Waals surface area (Å²) in [5, 5.41) is 11.2. The lowest BCUT2D eigenvalue weighted by molar-refractivity contribution is 0.101. The summed E-state index contributed by atoms with van der Waals surface area (Å²) in [4.78, 5) is 16.5. The van der Waals surface area contributed by atoms with E-state index < -0.39 is 11.7 Å². The van der Waals surface area contributed by atoms with E-state index in [1.165, 1.54) is 27.8 Å². The predicted molar refractivity (Wildman–Crippen MR) is 117 cm³/mol. The van der Waals surface area contributed by atoms with Gasteiger partial charge in [-0.25, -0.2) is 18.7 Å². The van der Waals surface area contributed by atoms with E-state index in [0.29, 0.717) is 10.6 Å². The highest BCUT2D eigenvalue weighted by Crippen LogP contribution is 2.20. The zero-order valence-corrected chi connectivity index (χ0v) is 18.2. The lowest BCUT2D eigenvalue weighted by Gasteiger charge is -2.09. The van der Waals surface area contributed by atoms with E-state index in [-0.39, 0.29) is 24.9 Å². The Hall–Kier alpha value is -3.72. The number of nitrogens with zero attached hydrogens (tertiary/aromatic N) is 5. The molecule has 2 aromatic heterocycles. The number of aryl methyl sites for hydroxylation is 2. The van der Waals surface area contributed by atoms with Crippen LogP contribution < -0.4 is 10.1 Å². The minimum Gasteiger partial charge on any atom is -0.471 e. The van der Waals surface area contributed by atoms with Gasteiger partial charge in [-0.2, -0.15) is 5.10 Å². The first-order chi connectivity index (χ1) is 15.4. The third-order valence-electron chi connectivity index (χ3n) is 4.71. The number of carbonyl (C=O) groups is 1. The zero-order chi connectivity index (χ0) is 22.7. The molecule has 0 saturated heterocycles. The lowest BCUT2D eigenvalue weighted by Crippen LogP contribution is -2.15. The van der Waals surface area contributed by atoms with Crippen molar-refractivity contribution in [3.63, 3.8) is 0 Å². The SMILES string of the molecule is Cc1ccc(C)c(OCn2ccc(C(=O)Nc3ncn(Cc4c(F)cccc4Cl)n3)n2)c1. The number of hydrogen-bond donors (Lipinski definition) is 1. The van der Waals surface area contributed by atoms with Crippen molar-refractivity contribution in [1.29, 1.82) is 0 Å². The van der Waals surface area contributed by atoms with E-state index in [4.69, 9.17) is 16.3 Å². The third kappa shape index (κ3) is 4.94. The van der Waals surface area contributed by atoms with Crippen molar-refractivity contribution in [2.75, 3.05) is 5.32 Å². The van der Waals surface area contributed by atoms with E-state index in [0.717, 1.165) is 16.9 Å². The summed E-state index contributed by atoms with van der Waals surface area (Å²) in [5.41, 5.74) is 2.58. The maximum Gasteiger partial charge on any atom is 0.278 e. The van der Waals surface area contributed by atoms with Crippen molar-refractivity contribution in [3.05, 3.63) is 88.2 Å². The smallest absolute Gasteiger partial charge is 0.278 e. The number of ether oxygens (including phenoxy) is 1. The molecule has 32 heavy (non-hydrogen) atoms. The summed E-state index contributed by atoms with van der Waals surface area (Å²) in [5.74, 6) is -0.0794. The molecule has 0 aliphatic rings. The number of amides is 1. The molecule has 164 valence electrons. The van der Waals surface area contributed by atoms with Crippen molar-refractivity contribution < 1.29 is 13.9 Å². The van der Waals surface area contributed by atoms with E-state index in [2.05, 4.69) is 20.5 Å². The zero-order valence-electron chi connectivity index (χ0n) is 17.4. The van der Waals surface area contributed by atoms with Crippen LogP contribution in [0.3, 0.4) is 0 Å². The third-order valence-corrected chi connectivity index (χ3v) is 5.07. The average Bonchev–Trinajstić information content (AvgIpc) is 3.41. The van der Waals surface area contributed by atoms with Crippen LogP contribution >= 0.6 is 11.6 Å². The van der Waals surface area contributed by atoms with Crippen LogP contribution in [-0.2, 0) is 13.3 Å². The Labute approximate surface area is 188 Å². The second-order valence-corrected chi connectivity index (χ2v) is 7.61. The van der Waals surface area contributed by atoms with Gasteiger partial charge < -0.3 is 4.74 Å². The van der Waals surface area contributed by atoms with Gasteiger partial charge in [-0.1, -0.05) is 29.8 Å². The standard InChI is InChI=1S/C22H20ClFN6O2/c1-14-6-7-15(2)20(10-14)32-13-29-9-8-19(27-29)21(31)26-22-25-12-30(28-22)11-16-17(23)4-3-5-18(16)24/h3-10,12H,11,13H2,1-2H3,(H,26,28,31). The summed E-state index contributed by atoms with van der Waals surface area (Å²) < 4.78 is 22.6. The molecule has 8 nitrogen and oxygen atoms in total. The lowest BCUT2D eigenvalue weighted by atomic mass is 10.1. The molecular formula is C22H20ClFN6O2. The summed E-state index contributed by atoms with van der Waals surface area (Å²) in [7, 11) is 0. The normalized spacial score (nSPS) is 10.9. The highest BCUT2D eigenvalue weighted by atomic mass is 35.5. The largest absolute Gasteiger partial charge is 0.471 e. The van der Waals surface area contributed by atoms with Crippen LogP contribution in [0.4, 0.5) is 10.3 Å². The molecule has 1 N–H and O–H groups in total. The van der Waals surface area contributed by atoms with Crippen LogP contribution in [0.1, 0.15) is 27.2 Å².